The largest absolute Gasteiger partial charge is 0.399 e. The van der Waals surface area contributed by atoms with Gasteiger partial charge in [0.15, 0.2) is 0 Å². The van der Waals surface area contributed by atoms with E-state index in [1.807, 2.05) is 0 Å². The van der Waals surface area contributed by atoms with Gasteiger partial charge in [0.25, 0.3) is 5.91 Å². The minimum absolute atomic E-state index is 0.0955. The average Bonchev–Trinajstić information content (AvgIpc) is 2.20. The van der Waals surface area contributed by atoms with Gasteiger partial charge in [0, 0.05) is 12.8 Å². The molecule has 0 aliphatic rings. The van der Waals surface area contributed by atoms with Crippen LogP contribution < -0.4 is 11.1 Å². The topological polar surface area (TPSA) is 64.3 Å². The molecule has 0 aliphatic carbocycles. The zero-order chi connectivity index (χ0) is 11.4. The number of nitrogens with two attached hydrogens (primary N) is 1. The fourth-order valence-electron chi connectivity index (χ4n) is 0.974. The number of anilines is 2. The van der Waals surface area contributed by atoms with E-state index in [2.05, 4.69) is 5.32 Å². The van der Waals surface area contributed by atoms with Gasteiger partial charge >= 0.3 is 0 Å². The summed E-state index contributed by atoms with van der Waals surface area (Å²) < 4.78 is 18.0. The number of carbonyl (C=O) groups excluding carboxylic acids is 1. The van der Waals surface area contributed by atoms with Crippen molar-refractivity contribution in [3.63, 3.8) is 0 Å². The van der Waals surface area contributed by atoms with Crippen molar-refractivity contribution in [2.45, 2.75) is 13.0 Å². The molecule has 3 N–H and O–H groups in total. The van der Waals surface area contributed by atoms with Crippen molar-refractivity contribution in [1.82, 2.24) is 0 Å². The summed E-state index contributed by atoms with van der Waals surface area (Å²) in [6.07, 6.45) is -0.623. The second-order valence-electron chi connectivity index (χ2n) is 3.11. The molecule has 0 spiro atoms. The fourth-order valence-corrected chi connectivity index (χ4v) is 0.974. The maximum absolute atomic E-state index is 13.2. The number of methoxy groups -OCH3 is 1. The Morgan fingerprint density at radius 1 is 1.60 bits per heavy atom. The lowest BCUT2D eigenvalue weighted by Gasteiger charge is -2.11. The van der Waals surface area contributed by atoms with E-state index in [1.165, 1.54) is 19.2 Å². The summed E-state index contributed by atoms with van der Waals surface area (Å²) in [5.41, 5.74) is 5.77. The van der Waals surface area contributed by atoms with Crippen LogP contribution in [0.5, 0.6) is 0 Å². The van der Waals surface area contributed by atoms with E-state index in [9.17, 15) is 9.18 Å². The molecule has 82 valence electrons. The number of nitrogens with one attached hydrogen (secondary N) is 1. The zero-order valence-electron chi connectivity index (χ0n) is 8.58. The van der Waals surface area contributed by atoms with Gasteiger partial charge in [-0.25, -0.2) is 4.39 Å². The van der Waals surface area contributed by atoms with E-state index in [1.54, 1.807) is 6.92 Å². The van der Waals surface area contributed by atoms with Crippen molar-refractivity contribution in [3.05, 3.63) is 24.0 Å². The number of rotatable bonds is 3. The molecule has 0 aliphatic heterocycles. The molecule has 4 nitrogen and oxygen atoms in total. The SMILES string of the molecule is COC(C)C(=O)Nc1ccc(N)cc1F. The Bertz CT molecular complexity index is 368. The molecule has 1 aromatic carbocycles. The number of ether oxygens (including phenoxy) is 1. The van der Waals surface area contributed by atoms with Crippen LogP contribution in [0.3, 0.4) is 0 Å². The molecular weight excluding hydrogens is 199 g/mol. The molecule has 15 heavy (non-hydrogen) atoms. The van der Waals surface area contributed by atoms with Crippen LogP contribution in [0.25, 0.3) is 0 Å². The molecule has 1 amide bonds. The molecule has 0 saturated heterocycles. The van der Waals surface area contributed by atoms with Gasteiger partial charge in [-0.1, -0.05) is 0 Å². The van der Waals surface area contributed by atoms with E-state index < -0.39 is 17.8 Å². The lowest BCUT2D eigenvalue weighted by Crippen LogP contribution is -2.26. The summed E-state index contributed by atoms with van der Waals surface area (Å²) in [6.45, 7) is 1.57. The first-order chi connectivity index (χ1) is 7.04. The predicted octanol–water partition coefficient (Wildman–Crippen LogP) is 1.38. The highest BCUT2D eigenvalue weighted by molar-refractivity contribution is 5.94. The number of nitrogen functional groups attached to an aromatic ring is 1. The molecule has 0 heterocycles. The molecule has 1 rings (SSSR count). The normalized spacial score (nSPS) is 12.2. The Balaban J connectivity index is 2.77. The van der Waals surface area contributed by atoms with Gasteiger partial charge < -0.3 is 15.8 Å². The highest BCUT2D eigenvalue weighted by Crippen LogP contribution is 2.17. The van der Waals surface area contributed by atoms with Crippen LogP contribution in [0, 0.1) is 5.82 Å². The highest BCUT2D eigenvalue weighted by Gasteiger charge is 2.13. The van der Waals surface area contributed by atoms with Gasteiger partial charge in [-0.05, 0) is 25.1 Å². The first-order valence-electron chi connectivity index (χ1n) is 4.43. The van der Waals surface area contributed by atoms with Crippen LogP contribution in [-0.4, -0.2) is 19.1 Å². The summed E-state index contributed by atoms with van der Waals surface area (Å²) in [6, 6.07) is 4.06. The summed E-state index contributed by atoms with van der Waals surface area (Å²) in [4.78, 5) is 11.3. The van der Waals surface area contributed by atoms with Crippen LogP contribution in [0.15, 0.2) is 18.2 Å². The lowest BCUT2D eigenvalue weighted by atomic mass is 10.2. The Labute approximate surface area is 87.2 Å². The molecule has 0 saturated carbocycles. The molecule has 0 bridgehead atoms. The monoisotopic (exact) mass is 212 g/mol. The Morgan fingerprint density at radius 2 is 2.27 bits per heavy atom. The Hall–Kier alpha value is -1.62. The van der Waals surface area contributed by atoms with Gasteiger partial charge in [0.1, 0.15) is 11.9 Å². The molecule has 5 heteroatoms. The lowest BCUT2D eigenvalue weighted by molar-refractivity contribution is -0.124. The van der Waals surface area contributed by atoms with Crippen LogP contribution >= 0.6 is 0 Å². The molecule has 0 fully saturated rings. The zero-order valence-corrected chi connectivity index (χ0v) is 8.58. The number of carbonyl (C=O) groups is 1. The quantitative estimate of drug-likeness (QED) is 0.744. The summed E-state index contributed by atoms with van der Waals surface area (Å²) in [7, 11) is 1.41. The van der Waals surface area contributed by atoms with E-state index in [-0.39, 0.29) is 5.69 Å². The Kier molecular flexibility index (Phi) is 3.62. The van der Waals surface area contributed by atoms with E-state index in [0.29, 0.717) is 5.69 Å². The number of hydrogen-bond donors (Lipinski definition) is 2. The third-order valence-corrected chi connectivity index (χ3v) is 1.97. The Morgan fingerprint density at radius 3 is 2.80 bits per heavy atom. The maximum Gasteiger partial charge on any atom is 0.253 e. The van der Waals surface area contributed by atoms with Crippen LogP contribution in [0.2, 0.25) is 0 Å². The van der Waals surface area contributed by atoms with Crippen LogP contribution in [0.4, 0.5) is 15.8 Å². The van der Waals surface area contributed by atoms with Gasteiger partial charge in [0.05, 0.1) is 5.69 Å². The number of amides is 1. The molecule has 0 aromatic heterocycles. The summed E-state index contributed by atoms with van der Waals surface area (Å²) >= 11 is 0. The highest BCUT2D eigenvalue weighted by atomic mass is 19.1. The van der Waals surface area contributed by atoms with E-state index in [0.717, 1.165) is 6.07 Å². The fraction of sp³-hybridized carbons (Fsp3) is 0.300. The van der Waals surface area contributed by atoms with Crippen molar-refractivity contribution in [1.29, 1.82) is 0 Å². The standard InChI is InChI=1S/C10H13FN2O2/c1-6(15-2)10(14)13-9-4-3-7(12)5-8(9)11/h3-6H,12H2,1-2H3,(H,13,14). The van der Waals surface area contributed by atoms with Crippen molar-refractivity contribution in [2.75, 3.05) is 18.2 Å². The van der Waals surface area contributed by atoms with Gasteiger partial charge in [-0.3, -0.25) is 4.79 Å². The number of hydrogen-bond acceptors (Lipinski definition) is 3. The summed E-state index contributed by atoms with van der Waals surface area (Å²) in [5, 5.41) is 2.39. The van der Waals surface area contributed by atoms with Crippen molar-refractivity contribution < 1.29 is 13.9 Å². The molecular formula is C10H13FN2O2. The van der Waals surface area contributed by atoms with Crippen molar-refractivity contribution >= 4 is 17.3 Å². The third-order valence-electron chi connectivity index (χ3n) is 1.97. The maximum atomic E-state index is 13.2. The van der Waals surface area contributed by atoms with Crippen LogP contribution in [0.1, 0.15) is 6.92 Å². The molecule has 1 aromatic rings. The van der Waals surface area contributed by atoms with E-state index >= 15 is 0 Å². The molecule has 0 radical (unpaired) electrons. The van der Waals surface area contributed by atoms with E-state index in [4.69, 9.17) is 10.5 Å². The van der Waals surface area contributed by atoms with Crippen LogP contribution in [-0.2, 0) is 9.53 Å². The van der Waals surface area contributed by atoms with Gasteiger partial charge in [-0.2, -0.15) is 0 Å². The second-order valence-corrected chi connectivity index (χ2v) is 3.11. The number of benzene rings is 1. The van der Waals surface area contributed by atoms with Gasteiger partial charge in [-0.15, -0.1) is 0 Å². The van der Waals surface area contributed by atoms with Crippen molar-refractivity contribution in [2.24, 2.45) is 0 Å². The predicted molar refractivity (Wildman–Crippen MR) is 55.9 cm³/mol. The first kappa shape index (κ1) is 11.5. The first-order valence-corrected chi connectivity index (χ1v) is 4.43. The minimum atomic E-state index is -0.623. The van der Waals surface area contributed by atoms with Crippen molar-refractivity contribution in [3.8, 4) is 0 Å². The third kappa shape index (κ3) is 2.92. The smallest absolute Gasteiger partial charge is 0.253 e. The molecule has 1 atom stereocenters. The molecule has 1 unspecified atom stereocenters. The van der Waals surface area contributed by atoms with Gasteiger partial charge in [0.2, 0.25) is 0 Å². The average molecular weight is 212 g/mol. The number of halogens is 1. The summed E-state index contributed by atoms with van der Waals surface area (Å²) in [5.74, 6) is -0.965. The second kappa shape index (κ2) is 4.75. The minimum Gasteiger partial charge on any atom is -0.399 e.